The molecular weight excluding hydrogens is 278 g/mol. The summed E-state index contributed by atoms with van der Waals surface area (Å²) >= 11 is 3.52. The molecule has 0 bridgehead atoms. The Morgan fingerprint density at radius 2 is 2.05 bits per heavy atom. The first-order chi connectivity index (χ1) is 9.06. The van der Waals surface area contributed by atoms with Crippen molar-refractivity contribution < 1.29 is 10.2 Å². The lowest BCUT2D eigenvalue weighted by molar-refractivity contribution is 0.136. The normalized spacial score (nSPS) is 13.4. The quantitative estimate of drug-likeness (QED) is 0.688. The molecule has 0 aromatic carbocycles. The van der Waals surface area contributed by atoms with E-state index < -0.39 is 0 Å². The second kappa shape index (κ2) is 8.97. The first-order valence-electron chi connectivity index (χ1n) is 6.84. The number of aliphatic hydroxyl groups excluding tert-OH is 2. The molecule has 0 amide bonds. The van der Waals surface area contributed by atoms with Crippen molar-refractivity contribution >= 4 is 23.1 Å². The van der Waals surface area contributed by atoms with Crippen molar-refractivity contribution in [3.05, 3.63) is 17.0 Å². The van der Waals surface area contributed by atoms with Crippen LogP contribution in [0.25, 0.3) is 0 Å². The van der Waals surface area contributed by atoms with Crippen molar-refractivity contribution in [2.24, 2.45) is 0 Å². The highest BCUT2D eigenvalue weighted by molar-refractivity contribution is 8.01. The summed E-state index contributed by atoms with van der Waals surface area (Å²) in [6.45, 7) is 9.02. The standard InChI is InChI=1S/C14H25NO2S2/c1-4-15(9-10-16)8-7-12(17)13-5-6-14(19-13)18-11(2)3/h5-6,11-12,16-17H,4,7-10H2,1-3H3. The van der Waals surface area contributed by atoms with Gasteiger partial charge in [0.05, 0.1) is 16.9 Å². The first kappa shape index (κ1) is 17.0. The number of rotatable bonds is 9. The predicted molar refractivity (Wildman–Crippen MR) is 84.1 cm³/mol. The number of thiophene rings is 1. The molecule has 1 unspecified atom stereocenters. The van der Waals surface area contributed by atoms with Crippen molar-refractivity contribution in [3.8, 4) is 0 Å². The summed E-state index contributed by atoms with van der Waals surface area (Å²) in [7, 11) is 0. The molecule has 2 N–H and O–H groups in total. The van der Waals surface area contributed by atoms with Gasteiger partial charge in [0, 0.05) is 23.2 Å². The number of likely N-dealkylation sites (N-methyl/N-ethyl adjacent to an activating group) is 1. The maximum atomic E-state index is 10.2. The average Bonchev–Trinajstić information content (AvgIpc) is 2.81. The number of aliphatic hydroxyl groups is 2. The zero-order chi connectivity index (χ0) is 14.3. The van der Waals surface area contributed by atoms with Gasteiger partial charge in [0.25, 0.3) is 0 Å². The molecule has 0 aliphatic carbocycles. The maximum absolute atomic E-state index is 10.2. The number of hydrogen-bond acceptors (Lipinski definition) is 5. The van der Waals surface area contributed by atoms with Gasteiger partial charge in [-0.15, -0.1) is 23.1 Å². The van der Waals surface area contributed by atoms with Crippen LogP contribution in [0.15, 0.2) is 16.3 Å². The molecule has 3 nitrogen and oxygen atoms in total. The highest BCUT2D eigenvalue weighted by Gasteiger charge is 2.13. The van der Waals surface area contributed by atoms with Gasteiger partial charge in [0.2, 0.25) is 0 Å². The third-order valence-electron chi connectivity index (χ3n) is 2.86. The molecule has 1 atom stereocenters. The molecule has 110 valence electrons. The summed E-state index contributed by atoms with van der Waals surface area (Å²) in [5, 5.41) is 19.7. The van der Waals surface area contributed by atoms with Gasteiger partial charge in [-0.25, -0.2) is 0 Å². The maximum Gasteiger partial charge on any atom is 0.0894 e. The third-order valence-corrected chi connectivity index (χ3v) is 5.22. The molecule has 0 saturated heterocycles. The van der Waals surface area contributed by atoms with Crippen molar-refractivity contribution in [3.63, 3.8) is 0 Å². The highest BCUT2D eigenvalue weighted by Crippen LogP contribution is 2.34. The molecule has 0 saturated carbocycles. The van der Waals surface area contributed by atoms with E-state index >= 15 is 0 Å². The zero-order valence-electron chi connectivity index (χ0n) is 12.0. The van der Waals surface area contributed by atoms with Crippen molar-refractivity contribution in [2.75, 3.05) is 26.2 Å². The Bertz CT molecular complexity index is 355. The molecule has 1 aromatic rings. The summed E-state index contributed by atoms with van der Waals surface area (Å²) < 4.78 is 1.27. The molecule has 5 heteroatoms. The highest BCUT2D eigenvalue weighted by atomic mass is 32.2. The monoisotopic (exact) mass is 303 g/mol. The lowest BCUT2D eigenvalue weighted by Gasteiger charge is -2.20. The van der Waals surface area contributed by atoms with Gasteiger partial charge < -0.3 is 15.1 Å². The predicted octanol–water partition coefficient (Wildman–Crippen LogP) is 2.99. The summed E-state index contributed by atoms with van der Waals surface area (Å²) in [5.41, 5.74) is 0. The van der Waals surface area contributed by atoms with E-state index in [2.05, 4.69) is 31.7 Å². The van der Waals surface area contributed by atoms with Crippen LogP contribution in [-0.2, 0) is 0 Å². The van der Waals surface area contributed by atoms with E-state index in [-0.39, 0.29) is 12.7 Å². The smallest absolute Gasteiger partial charge is 0.0894 e. The van der Waals surface area contributed by atoms with Crippen LogP contribution in [0.4, 0.5) is 0 Å². The second-order valence-corrected chi connectivity index (χ2v) is 7.78. The van der Waals surface area contributed by atoms with Gasteiger partial charge in [-0.05, 0) is 25.1 Å². The van der Waals surface area contributed by atoms with E-state index in [4.69, 9.17) is 5.11 Å². The topological polar surface area (TPSA) is 43.7 Å². The summed E-state index contributed by atoms with van der Waals surface area (Å²) in [6, 6.07) is 4.13. The summed E-state index contributed by atoms with van der Waals surface area (Å²) in [6.07, 6.45) is 0.333. The Labute approximate surface area is 124 Å². The molecule has 0 spiro atoms. The molecule has 1 heterocycles. The first-order valence-corrected chi connectivity index (χ1v) is 8.54. The minimum atomic E-state index is -0.390. The van der Waals surface area contributed by atoms with Crippen molar-refractivity contribution in [2.45, 2.75) is 42.8 Å². The van der Waals surface area contributed by atoms with Gasteiger partial charge in [-0.2, -0.15) is 0 Å². The van der Waals surface area contributed by atoms with Gasteiger partial charge >= 0.3 is 0 Å². The van der Waals surface area contributed by atoms with Crippen LogP contribution >= 0.6 is 23.1 Å². The fourth-order valence-electron chi connectivity index (χ4n) is 1.83. The van der Waals surface area contributed by atoms with Gasteiger partial charge in [-0.3, -0.25) is 0 Å². The molecular formula is C14H25NO2S2. The fraction of sp³-hybridized carbons (Fsp3) is 0.714. The minimum Gasteiger partial charge on any atom is -0.395 e. The van der Waals surface area contributed by atoms with Crippen LogP contribution in [0.5, 0.6) is 0 Å². The number of hydrogen-bond donors (Lipinski definition) is 2. The Morgan fingerprint density at radius 3 is 2.63 bits per heavy atom. The minimum absolute atomic E-state index is 0.179. The van der Waals surface area contributed by atoms with Gasteiger partial charge in [0.15, 0.2) is 0 Å². The van der Waals surface area contributed by atoms with E-state index in [0.717, 1.165) is 24.4 Å². The lowest BCUT2D eigenvalue weighted by atomic mass is 10.2. The fourth-order valence-corrected chi connectivity index (χ4v) is 4.25. The van der Waals surface area contributed by atoms with E-state index in [1.807, 2.05) is 17.8 Å². The van der Waals surface area contributed by atoms with E-state index in [1.165, 1.54) is 4.21 Å². The molecule has 0 fully saturated rings. The van der Waals surface area contributed by atoms with Crippen molar-refractivity contribution in [1.82, 2.24) is 4.90 Å². The van der Waals surface area contributed by atoms with Crippen LogP contribution < -0.4 is 0 Å². The molecule has 0 radical (unpaired) electrons. The Kier molecular flexibility index (Phi) is 8.02. The Hall–Kier alpha value is -0.0700. The number of nitrogens with zero attached hydrogens (tertiary/aromatic N) is 1. The number of thioether (sulfide) groups is 1. The van der Waals surface area contributed by atoms with E-state index in [0.29, 0.717) is 11.8 Å². The Morgan fingerprint density at radius 1 is 1.32 bits per heavy atom. The summed E-state index contributed by atoms with van der Waals surface area (Å²) in [5.74, 6) is 0. The van der Waals surface area contributed by atoms with Crippen molar-refractivity contribution in [1.29, 1.82) is 0 Å². The van der Waals surface area contributed by atoms with Crippen LogP contribution in [-0.4, -0.2) is 46.6 Å². The van der Waals surface area contributed by atoms with Crippen LogP contribution in [0.3, 0.4) is 0 Å². The molecule has 0 aliphatic rings. The Balaban J connectivity index is 2.44. The molecule has 19 heavy (non-hydrogen) atoms. The SMILES string of the molecule is CCN(CCO)CCC(O)c1ccc(SC(C)C)s1. The zero-order valence-corrected chi connectivity index (χ0v) is 13.6. The van der Waals surface area contributed by atoms with E-state index in [9.17, 15) is 5.11 Å². The molecule has 1 rings (SSSR count). The lowest BCUT2D eigenvalue weighted by Crippen LogP contribution is -2.28. The van der Waals surface area contributed by atoms with Gasteiger partial charge in [-0.1, -0.05) is 20.8 Å². The van der Waals surface area contributed by atoms with Crippen LogP contribution in [0, 0.1) is 0 Å². The van der Waals surface area contributed by atoms with E-state index in [1.54, 1.807) is 11.3 Å². The molecule has 1 aromatic heterocycles. The third kappa shape index (κ3) is 6.27. The average molecular weight is 303 g/mol. The molecule has 0 aliphatic heterocycles. The summed E-state index contributed by atoms with van der Waals surface area (Å²) in [4.78, 5) is 3.20. The van der Waals surface area contributed by atoms with Crippen LogP contribution in [0.2, 0.25) is 0 Å². The van der Waals surface area contributed by atoms with Crippen LogP contribution in [0.1, 0.15) is 38.2 Å². The largest absolute Gasteiger partial charge is 0.395 e. The second-order valence-electron chi connectivity index (χ2n) is 4.79. The van der Waals surface area contributed by atoms with Gasteiger partial charge in [0.1, 0.15) is 0 Å².